The van der Waals surface area contributed by atoms with Crippen molar-refractivity contribution >= 4 is 57.3 Å². The largest absolute Gasteiger partial charge is 0.370 e. The third-order valence-electron chi connectivity index (χ3n) is 7.97. The van der Waals surface area contributed by atoms with Gasteiger partial charge in [0.05, 0.1) is 23.1 Å². The zero-order chi connectivity index (χ0) is 25.5. The van der Waals surface area contributed by atoms with Gasteiger partial charge in [-0.15, -0.1) is 11.3 Å². The SMILES string of the molecule is Cc1c(Cl)ccc2c1NC(=O)[C@]21N[C@@H](CC(N)=O)[C@H]2C(=O)N(c3sc4c(c3C#N)CCCC4)C(=O)[C@H]21. The van der Waals surface area contributed by atoms with E-state index in [9.17, 15) is 24.4 Å². The smallest absolute Gasteiger partial charge is 0.250 e. The number of nitriles is 1. The standard InChI is InChI=1S/C25H22ClN5O4S/c1-10-14(26)7-6-13-20(10)29-24(35)25(13)19-18(15(30-25)8-17(28)32)21(33)31(22(19)34)23-12(9-27)11-4-2-3-5-16(11)36-23/h6-7,15,18-19,30H,2-5,8H2,1H3,(H2,28,32)(H,29,35)/t15-,18+,19-,25-/m0/s1. The number of anilines is 2. The fourth-order valence-electron chi connectivity index (χ4n) is 6.41. The summed E-state index contributed by atoms with van der Waals surface area (Å²) in [5.41, 5.74) is 6.82. The van der Waals surface area contributed by atoms with Crippen molar-refractivity contribution in [2.75, 3.05) is 10.2 Å². The van der Waals surface area contributed by atoms with Gasteiger partial charge in [-0.2, -0.15) is 5.26 Å². The van der Waals surface area contributed by atoms with Crippen molar-refractivity contribution in [2.24, 2.45) is 17.6 Å². The van der Waals surface area contributed by atoms with Crippen molar-refractivity contribution in [3.63, 3.8) is 0 Å². The lowest BCUT2D eigenvalue weighted by atomic mass is 9.76. The molecule has 1 aromatic heterocycles. The van der Waals surface area contributed by atoms with Crippen molar-refractivity contribution in [3.05, 3.63) is 44.3 Å². The Morgan fingerprint density at radius 2 is 2.03 bits per heavy atom. The molecular weight excluding hydrogens is 502 g/mol. The van der Waals surface area contributed by atoms with Gasteiger partial charge < -0.3 is 11.1 Å². The van der Waals surface area contributed by atoms with Crippen molar-refractivity contribution < 1.29 is 19.2 Å². The summed E-state index contributed by atoms with van der Waals surface area (Å²) in [6.45, 7) is 1.76. The van der Waals surface area contributed by atoms with Crippen LogP contribution < -0.4 is 21.3 Å². The molecule has 1 aromatic carbocycles. The highest BCUT2D eigenvalue weighted by Crippen LogP contribution is 2.56. The van der Waals surface area contributed by atoms with E-state index in [1.807, 2.05) is 0 Å². The zero-order valence-electron chi connectivity index (χ0n) is 19.3. The number of rotatable bonds is 3. The monoisotopic (exact) mass is 523 g/mol. The Morgan fingerprint density at radius 1 is 1.28 bits per heavy atom. The number of amides is 4. The molecule has 184 valence electrons. The van der Waals surface area contributed by atoms with Gasteiger partial charge >= 0.3 is 0 Å². The molecule has 1 aliphatic carbocycles. The van der Waals surface area contributed by atoms with Crippen LogP contribution in [0.5, 0.6) is 0 Å². The number of carbonyl (C=O) groups is 4. The van der Waals surface area contributed by atoms with Crippen LogP contribution in [0.25, 0.3) is 0 Å². The van der Waals surface area contributed by atoms with Crippen LogP contribution in [0.1, 0.15) is 46.4 Å². The maximum Gasteiger partial charge on any atom is 0.250 e. The van der Waals surface area contributed by atoms with Crippen molar-refractivity contribution in [1.82, 2.24) is 5.32 Å². The summed E-state index contributed by atoms with van der Waals surface area (Å²) in [6, 6.07) is 4.70. The van der Waals surface area contributed by atoms with E-state index in [1.54, 1.807) is 19.1 Å². The number of carbonyl (C=O) groups excluding carboxylic acids is 4. The first-order chi connectivity index (χ1) is 17.2. The summed E-state index contributed by atoms with van der Waals surface area (Å²) in [4.78, 5) is 55.7. The first kappa shape index (κ1) is 23.2. The van der Waals surface area contributed by atoms with Gasteiger partial charge in [0.25, 0.3) is 0 Å². The lowest BCUT2D eigenvalue weighted by Crippen LogP contribution is -2.53. The van der Waals surface area contributed by atoms with Crippen LogP contribution in [0.15, 0.2) is 12.1 Å². The molecule has 4 aliphatic rings. The molecule has 4 N–H and O–H groups in total. The van der Waals surface area contributed by atoms with Gasteiger partial charge in [0.1, 0.15) is 16.6 Å². The molecule has 11 heteroatoms. The molecule has 4 heterocycles. The molecule has 2 saturated heterocycles. The minimum absolute atomic E-state index is 0.225. The predicted molar refractivity (Wildman–Crippen MR) is 132 cm³/mol. The fraction of sp³-hybridized carbons (Fsp3) is 0.400. The number of primary amides is 1. The Bertz CT molecular complexity index is 1440. The third-order valence-corrected chi connectivity index (χ3v) is 9.66. The number of hydrogen-bond donors (Lipinski definition) is 3. The van der Waals surface area contributed by atoms with Crippen molar-refractivity contribution in [1.29, 1.82) is 5.26 Å². The maximum atomic E-state index is 14.1. The minimum Gasteiger partial charge on any atom is -0.370 e. The molecule has 36 heavy (non-hydrogen) atoms. The second-order valence-electron chi connectivity index (χ2n) is 9.80. The van der Waals surface area contributed by atoms with E-state index < -0.39 is 47.0 Å². The number of nitrogens with zero attached hydrogens (tertiary/aromatic N) is 2. The van der Waals surface area contributed by atoms with Crippen LogP contribution >= 0.6 is 22.9 Å². The van der Waals surface area contributed by atoms with Gasteiger partial charge in [0, 0.05) is 27.9 Å². The number of fused-ring (bicyclic) bond motifs is 5. The molecule has 0 bridgehead atoms. The summed E-state index contributed by atoms with van der Waals surface area (Å²) in [6.07, 6.45) is 3.22. The van der Waals surface area contributed by atoms with Crippen LogP contribution in [0.2, 0.25) is 5.02 Å². The van der Waals surface area contributed by atoms with Gasteiger partial charge in [-0.1, -0.05) is 17.7 Å². The lowest BCUT2D eigenvalue weighted by Gasteiger charge is -2.29. The van der Waals surface area contributed by atoms with E-state index in [0.29, 0.717) is 32.4 Å². The van der Waals surface area contributed by atoms with E-state index in [-0.39, 0.29) is 6.42 Å². The van der Waals surface area contributed by atoms with Crippen LogP contribution in [0, 0.1) is 30.1 Å². The molecule has 0 unspecified atom stereocenters. The number of nitrogens with two attached hydrogens (primary N) is 1. The number of aryl methyl sites for hydroxylation is 1. The normalized spacial score (nSPS) is 28.2. The molecule has 1 spiro atoms. The van der Waals surface area contributed by atoms with E-state index in [1.165, 1.54) is 11.3 Å². The van der Waals surface area contributed by atoms with Crippen LogP contribution in [-0.4, -0.2) is 29.7 Å². The molecule has 0 saturated carbocycles. The summed E-state index contributed by atoms with van der Waals surface area (Å²) >= 11 is 7.59. The first-order valence-electron chi connectivity index (χ1n) is 11.8. The van der Waals surface area contributed by atoms with E-state index in [4.69, 9.17) is 17.3 Å². The topological polar surface area (TPSA) is 145 Å². The molecule has 4 amide bonds. The molecule has 2 fully saturated rings. The number of thiophene rings is 1. The van der Waals surface area contributed by atoms with E-state index >= 15 is 0 Å². The zero-order valence-corrected chi connectivity index (χ0v) is 20.9. The highest BCUT2D eigenvalue weighted by atomic mass is 35.5. The van der Waals surface area contributed by atoms with Gasteiger partial charge in [-0.3, -0.25) is 24.5 Å². The number of nitrogens with one attached hydrogen (secondary N) is 2. The molecule has 0 radical (unpaired) electrons. The Kier molecular flexibility index (Phi) is 5.06. The Balaban J connectivity index is 1.53. The highest BCUT2D eigenvalue weighted by Gasteiger charge is 2.71. The minimum atomic E-state index is -1.57. The average molecular weight is 524 g/mol. The highest BCUT2D eigenvalue weighted by molar-refractivity contribution is 7.17. The lowest BCUT2D eigenvalue weighted by molar-refractivity contribution is -0.130. The summed E-state index contributed by atoms with van der Waals surface area (Å²) in [5.74, 6) is -4.33. The van der Waals surface area contributed by atoms with E-state index in [2.05, 4.69) is 16.7 Å². The van der Waals surface area contributed by atoms with Crippen LogP contribution in [-0.2, 0) is 37.6 Å². The van der Waals surface area contributed by atoms with E-state index in [0.717, 1.165) is 41.0 Å². The van der Waals surface area contributed by atoms with Gasteiger partial charge in [0.2, 0.25) is 23.6 Å². The maximum absolute atomic E-state index is 14.1. The predicted octanol–water partition coefficient (Wildman–Crippen LogP) is 2.26. The molecule has 2 aromatic rings. The van der Waals surface area contributed by atoms with Gasteiger partial charge in [0.15, 0.2) is 0 Å². The van der Waals surface area contributed by atoms with Crippen molar-refractivity contribution in [3.8, 4) is 6.07 Å². The quantitative estimate of drug-likeness (QED) is 0.526. The first-order valence-corrected chi connectivity index (χ1v) is 13.0. The molecule has 4 atom stereocenters. The Labute approximate surface area is 215 Å². The Hall–Kier alpha value is -3.26. The number of halogens is 1. The second-order valence-corrected chi connectivity index (χ2v) is 11.3. The third kappa shape index (κ3) is 2.85. The van der Waals surface area contributed by atoms with Crippen LogP contribution in [0.3, 0.4) is 0 Å². The van der Waals surface area contributed by atoms with Gasteiger partial charge in [-0.25, -0.2) is 4.90 Å². The number of hydrogen-bond acceptors (Lipinski definition) is 7. The van der Waals surface area contributed by atoms with Crippen LogP contribution in [0.4, 0.5) is 10.7 Å². The molecular formula is C25H22ClN5O4S. The average Bonchev–Trinajstić information content (AvgIpc) is 3.52. The number of benzene rings is 1. The van der Waals surface area contributed by atoms with Crippen molar-refractivity contribution in [2.45, 2.75) is 50.6 Å². The second kappa shape index (κ2) is 7.87. The molecule has 9 nitrogen and oxygen atoms in total. The van der Waals surface area contributed by atoms with Gasteiger partial charge in [-0.05, 0) is 49.8 Å². The number of imide groups is 1. The molecule has 6 rings (SSSR count). The fourth-order valence-corrected chi connectivity index (χ4v) is 7.91. The summed E-state index contributed by atoms with van der Waals surface area (Å²) < 4.78 is 0. The Morgan fingerprint density at radius 3 is 2.75 bits per heavy atom. The molecule has 3 aliphatic heterocycles. The summed E-state index contributed by atoms with van der Waals surface area (Å²) in [5, 5.41) is 16.7. The summed E-state index contributed by atoms with van der Waals surface area (Å²) in [7, 11) is 0.